The average Bonchev–Trinajstić information content (AvgIpc) is 2.95. The van der Waals surface area contributed by atoms with Crippen LogP contribution in [0.2, 0.25) is 0 Å². The Hall–Kier alpha value is -1.84. The van der Waals surface area contributed by atoms with Gasteiger partial charge in [-0.3, -0.25) is 4.79 Å². The van der Waals surface area contributed by atoms with Crippen molar-refractivity contribution in [3.05, 3.63) is 33.9 Å². The topological polar surface area (TPSA) is 115 Å². The largest absolute Gasteiger partial charge is 0.494 e. The summed E-state index contributed by atoms with van der Waals surface area (Å²) < 4.78 is 10.9. The molecule has 0 unspecified atom stereocenters. The van der Waals surface area contributed by atoms with Crippen LogP contribution in [0.15, 0.2) is 27.3 Å². The molecule has 0 saturated heterocycles. The highest BCUT2D eigenvalue weighted by molar-refractivity contribution is 9.10. The van der Waals surface area contributed by atoms with Gasteiger partial charge >= 0.3 is 0 Å². The number of ether oxygens (including phenoxy) is 1. The second-order valence-electron chi connectivity index (χ2n) is 4.62. The summed E-state index contributed by atoms with van der Waals surface area (Å²) in [4.78, 5) is 11.7. The number of halogens is 2. The third-order valence-corrected chi connectivity index (χ3v) is 3.45. The third kappa shape index (κ3) is 5.66. The number of anilines is 1. The Bertz CT molecular complexity index is 668. The highest BCUT2D eigenvalue weighted by atomic mass is 79.9. The maximum absolute atomic E-state index is 11.7. The number of aromatic nitrogens is 2. The van der Waals surface area contributed by atoms with Crippen LogP contribution in [0.4, 0.5) is 5.82 Å². The second kappa shape index (κ2) is 10.1. The molecule has 8 nitrogen and oxygen atoms in total. The molecule has 2 aromatic rings. The van der Waals surface area contributed by atoms with Crippen LogP contribution in [0, 0.1) is 0 Å². The summed E-state index contributed by atoms with van der Waals surface area (Å²) in [5.74, 6) is 0.405. The van der Waals surface area contributed by atoms with Crippen molar-refractivity contribution in [3.8, 4) is 5.75 Å². The predicted molar refractivity (Wildman–Crippen MR) is 95.3 cm³/mol. The summed E-state index contributed by atoms with van der Waals surface area (Å²) in [5.41, 5.74) is 6.48. The molecule has 0 aliphatic rings. The summed E-state index contributed by atoms with van der Waals surface area (Å²) in [6.07, 6.45) is 0. The summed E-state index contributed by atoms with van der Waals surface area (Å²) in [7, 11) is 0. The predicted octanol–water partition coefficient (Wildman–Crippen LogP) is 1.75. The van der Waals surface area contributed by atoms with E-state index in [1.54, 1.807) is 0 Å². The molecule has 1 amide bonds. The highest BCUT2D eigenvalue weighted by Gasteiger charge is 2.14. The minimum atomic E-state index is -0.414. The summed E-state index contributed by atoms with van der Waals surface area (Å²) in [5, 5.41) is 12.7. The summed E-state index contributed by atoms with van der Waals surface area (Å²) >= 11 is 3.44. The van der Waals surface area contributed by atoms with Crippen LogP contribution < -0.4 is 21.1 Å². The first-order chi connectivity index (χ1) is 11.1. The average molecular weight is 421 g/mol. The van der Waals surface area contributed by atoms with E-state index in [-0.39, 0.29) is 23.9 Å². The molecule has 1 aromatic carbocycles. The summed E-state index contributed by atoms with van der Waals surface area (Å²) in [6, 6.07) is 5.86. The molecule has 1 aromatic heterocycles. The van der Waals surface area contributed by atoms with E-state index >= 15 is 0 Å². The van der Waals surface area contributed by atoms with Crippen molar-refractivity contribution in [3.63, 3.8) is 0 Å². The van der Waals surface area contributed by atoms with Crippen LogP contribution in [0.25, 0.3) is 0 Å². The van der Waals surface area contributed by atoms with Crippen molar-refractivity contribution in [2.24, 2.45) is 0 Å². The number of hydrogen-bond donors (Lipinski definition) is 3. The van der Waals surface area contributed by atoms with Gasteiger partial charge in [0.05, 0.1) is 6.61 Å². The highest BCUT2D eigenvalue weighted by Crippen LogP contribution is 2.23. The number of hydrogen-bond acceptors (Lipinski definition) is 7. The second-order valence-corrected chi connectivity index (χ2v) is 5.53. The molecule has 0 fully saturated rings. The van der Waals surface area contributed by atoms with E-state index in [0.717, 1.165) is 15.8 Å². The lowest BCUT2D eigenvalue weighted by Gasteiger charge is -2.12. The van der Waals surface area contributed by atoms with E-state index in [4.69, 9.17) is 10.5 Å². The molecule has 0 atom stereocenters. The van der Waals surface area contributed by atoms with Crippen molar-refractivity contribution in [2.45, 2.75) is 13.5 Å². The number of benzene rings is 1. The van der Waals surface area contributed by atoms with E-state index in [2.05, 4.69) is 41.5 Å². The monoisotopic (exact) mass is 419 g/mol. The van der Waals surface area contributed by atoms with Crippen LogP contribution in [0.5, 0.6) is 5.75 Å². The Balaban J connectivity index is 0.00000288. The van der Waals surface area contributed by atoms with Crippen molar-refractivity contribution in [2.75, 3.05) is 25.4 Å². The van der Waals surface area contributed by atoms with Gasteiger partial charge in [-0.05, 0) is 35.4 Å². The van der Waals surface area contributed by atoms with Crippen LogP contribution in [-0.2, 0) is 6.54 Å². The van der Waals surface area contributed by atoms with E-state index in [1.807, 2.05) is 25.1 Å². The third-order valence-electron chi connectivity index (χ3n) is 2.95. The molecule has 24 heavy (non-hydrogen) atoms. The molecule has 132 valence electrons. The Morgan fingerprint density at radius 3 is 2.83 bits per heavy atom. The smallest absolute Gasteiger partial charge is 0.277 e. The number of carbonyl (C=O) groups excluding carboxylic acids is 1. The zero-order chi connectivity index (χ0) is 16.7. The van der Waals surface area contributed by atoms with E-state index in [1.165, 1.54) is 0 Å². The lowest BCUT2D eigenvalue weighted by Crippen LogP contribution is -2.32. The number of carbonyl (C=O) groups is 1. The van der Waals surface area contributed by atoms with Gasteiger partial charge in [0.1, 0.15) is 5.75 Å². The standard InChI is InChI=1S/C14H18BrN5O3.ClH/c1-2-22-11-4-3-10(15)7-9(11)8-17-5-6-18-14(21)12-13(16)20-23-19-12;/h3-4,7,17H,2,5-6,8H2,1H3,(H2,16,20)(H,18,21);1H. The lowest BCUT2D eigenvalue weighted by molar-refractivity contribution is 0.0944. The van der Waals surface area contributed by atoms with Gasteiger partial charge in [0, 0.05) is 29.7 Å². The molecule has 2 rings (SSSR count). The van der Waals surface area contributed by atoms with Gasteiger partial charge in [0.2, 0.25) is 11.5 Å². The number of nitrogen functional groups attached to an aromatic ring is 1. The first-order valence-corrected chi connectivity index (χ1v) is 7.89. The molecule has 0 aliphatic heterocycles. The minimum absolute atomic E-state index is 0. The first-order valence-electron chi connectivity index (χ1n) is 7.10. The Morgan fingerprint density at radius 2 is 2.17 bits per heavy atom. The van der Waals surface area contributed by atoms with Gasteiger partial charge in [-0.25, -0.2) is 4.63 Å². The molecule has 4 N–H and O–H groups in total. The van der Waals surface area contributed by atoms with Gasteiger partial charge in [0.15, 0.2) is 0 Å². The SMILES string of the molecule is CCOc1ccc(Br)cc1CNCCNC(=O)c1nonc1N.Cl. The summed E-state index contributed by atoms with van der Waals surface area (Å²) in [6.45, 7) is 4.17. The molecule has 0 saturated carbocycles. The lowest BCUT2D eigenvalue weighted by atomic mass is 10.2. The fourth-order valence-electron chi connectivity index (χ4n) is 1.91. The molecule has 0 spiro atoms. The molecule has 1 heterocycles. The van der Waals surface area contributed by atoms with Gasteiger partial charge in [-0.1, -0.05) is 15.9 Å². The normalized spacial score (nSPS) is 10.1. The zero-order valence-electron chi connectivity index (χ0n) is 13.0. The quantitative estimate of drug-likeness (QED) is 0.557. The molecular formula is C14H19BrClN5O3. The number of rotatable bonds is 8. The van der Waals surface area contributed by atoms with E-state index < -0.39 is 5.91 Å². The molecular weight excluding hydrogens is 402 g/mol. The fourth-order valence-corrected chi connectivity index (χ4v) is 2.32. The number of amides is 1. The van der Waals surface area contributed by atoms with Crippen LogP contribution in [0.3, 0.4) is 0 Å². The Labute approximate surface area is 154 Å². The first kappa shape index (κ1) is 20.2. The van der Waals surface area contributed by atoms with Gasteiger partial charge in [-0.15, -0.1) is 12.4 Å². The number of nitrogens with two attached hydrogens (primary N) is 1. The van der Waals surface area contributed by atoms with Crippen molar-refractivity contribution in [1.82, 2.24) is 20.9 Å². The maximum atomic E-state index is 11.7. The van der Waals surface area contributed by atoms with Gasteiger partial charge in [-0.2, -0.15) is 0 Å². The Morgan fingerprint density at radius 1 is 1.38 bits per heavy atom. The molecule has 0 aliphatic carbocycles. The molecule has 0 radical (unpaired) electrons. The van der Waals surface area contributed by atoms with Crippen LogP contribution >= 0.6 is 28.3 Å². The van der Waals surface area contributed by atoms with Crippen LogP contribution in [-0.4, -0.2) is 35.9 Å². The van der Waals surface area contributed by atoms with Crippen molar-refractivity contribution >= 4 is 40.1 Å². The zero-order valence-corrected chi connectivity index (χ0v) is 15.4. The van der Waals surface area contributed by atoms with Gasteiger partial charge < -0.3 is 21.1 Å². The van der Waals surface area contributed by atoms with Gasteiger partial charge in [0.25, 0.3) is 5.91 Å². The van der Waals surface area contributed by atoms with Crippen molar-refractivity contribution < 1.29 is 14.2 Å². The number of nitrogens with zero attached hydrogens (tertiary/aromatic N) is 2. The van der Waals surface area contributed by atoms with E-state index in [9.17, 15) is 4.79 Å². The van der Waals surface area contributed by atoms with E-state index in [0.29, 0.717) is 26.2 Å². The van der Waals surface area contributed by atoms with Crippen molar-refractivity contribution in [1.29, 1.82) is 0 Å². The van der Waals surface area contributed by atoms with Crippen LogP contribution in [0.1, 0.15) is 23.0 Å². The molecule has 0 bridgehead atoms. The maximum Gasteiger partial charge on any atom is 0.277 e. The molecule has 10 heteroatoms. The fraction of sp³-hybridized carbons (Fsp3) is 0.357. The minimum Gasteiger partial charge on any atom is -0.494 e. The number of nitrogens with one attached hydrogen (secondary N) is 2. The Kier molecular flexibility index (Phi) is 8.51.